The third-order valence-electron chi connectivity index (χ3n) is 12.9. The molecule has 73 heavy (non-hydrogen) atoms. The average Bonchev–Trinajstić information content (AvgIpc) is 3.76. The number of aliphatic carboxylic acids is 2. The maximum absolute atomic E-state index is 12.8. The number of aldehydes is 1. The van der Waals surface area contributed by atoms with Crippen molar-refractivity contribution >= 4 is 67.3 Å². The summed E-state index contributed by atoms with van der Waals surface area (Å²) in [7, 11) is 0. The lowest BCUT2D eigenvalue weighted by Gasteiger charge is -2.17. The Morgan fingerprint density at radius 3 is 1.40 bits per heavy atom. The maximum Gasteiger partial charge on any atom is 0.325 e. The molecule has 0 saturated carbocycles. The third-order valence-corrected chi connectivity index (χ3v) is 12.9. The van der Waals surface area contributed by atoms with Crippen LogP contribution in [0.15, 0.2) is 218 Å². The molecular formula is C63H51N3O7. The number of hydrogen-bond acceptors (Lipinski definition) is 8. The molecule has 0 spiro atoms. The lowest BCUT2D eigenvalue weighted by Crippen LogP contribution is -2.20. The molecule has 10 heteroatoms. The number of benzene rings is 10. The van der Waals surface area contributed by atoms with Crippen molar-refractivity contribution in [1.82, 2.24) is 0 Å². The van der Waals surface area contributed by atoms with Gasteiger partial charge in [-0.1, -0.05) is 218 Å². The monoisotopic (exact) mass is 961 g/mol. The molecule has 360 valence electrons. The van der Waals surface area contributed by atoms with Gasteiger partial charge in [-0.05, 0) is 82.0 Å². The molecule has 0 bridgehead atoms. The Labute approximate surface area is 422 Å². The zero-order valence-electron chi connectivity index (χ0n) is 39.6. The van der Waals surface area contributed by atoms with Crippen molar-refractivity contribution in [3.8, 4) is 17.2 Å². The Morgan fingerprint density at radius 2 is 0.904 bits per heavy atom. The molecule has 0 fully saturated rings. The minimum atomic E-state index is -1.03. The van der Waals surface area contributed by atoms with Crippen LogP contribution in [0.2, 0.25) is 0 Å². The fourth-order valence-electron chi connectivity index (χ4n) is 9.33. The van der Waals surface area contributed by atoms with Crippen molar-refractivity contribution in [3.05, 3.63) is 252 Å². The number of carbonyl (C=O) groups excluding carboxylic acids is 2. The highest BCUT2D eigenvalue weighted by molar-refractivity contribution is 5.98. The molecule has 3 atom stereocenters. The van der Waals surface area contributed by atoms with Crippen molar-refractivity contribution in [2.45, 2.75) is 30.3 Å². The molecule has 10 aromatic carbocycles. The van der Waals surface area contributed by atoms with Crippen molar-refractivity contribution in [2.75, 3.05) is 6.61 Å². The number of nitrogens with zero attached hydrogens (tertiary/aromatic N) is 1. The Hall–Kier alpha value is -9.27. The van der Waals surface area contributed by atoms with Crippen molar-refractivity contribution in [1.29, 1.82) is 5.26 Å². The molecular weight excluding hydrogens is 911 g/mol. The van der Waals surface area contributed by atoms with E-state index in [4.69, 9.17) is 26.6 Å². The van der Waals surface area contributed by atoms with E-state index in [0.717, 1.165) is 82.8 Å². The van der Waals surface area contributed by atoms with Gasteiger partial charge in [0.2, 0.25) is 0 Å². The van der Waals surface area contributed by atoms with E-state index in [0.29, 0.717) is 11.1 Å². The van der Waals surface area contributed by atoms with Gasteiger partial charge >= 0.3 is 17.9 Å². The molecule has 6 N–H and O–H groups in total. The normalized spacial score (nSPS) is 12.5. The molecule has 1 aliphatic rings. The Bertz CT molecular complexity index is 3590. The number of carboxylic acids is 2. The summed E-state index contributed by atoms with van der Waals surface area (Å²) in [5, 5.41) is 35.5. The topological polar surface area (TPSA) is 194 Å². The Kier molecular flexibility index (Phi) is 16.2. The van der Waals surface area contributed by atoms with Crippen LogP contribution in [-0.4, -0.2) is 41.0 Å². The van der Waals surface area contributed by atoms with E-state index in [2.05, 4.69) is 30.3 Å². The van der Waals surface area contributed by atoms with Crippen LogP contribution in [0.4, 0.5) is 0 Å². The molecule has 0 radical (unpaired) electrons. The highest BCUT2D eigenvalue weighted by Crippen LogP contribution is 2.44. The van der Waals surface area contributed by atoms with E-state index in [1.807, 2.05) is 182 Å². The van der Waals surface area contributed by atoms with Gasteiger partial charge in [0.15, 0.2) is 6.29 Å². The number of rotatable bonds is 10. The van der Waals surface area contributed by atoms with Gasteiger partial charge in [-0.25, -0.2) is 0 Å². The van der Waals surface area contributed by atoms with Gasteiger partial charge in [-0.3, -0.25) is 19.2 Å². The SMILES string of the molecule is N#CC(N)c1cccc2ccccc12.NC(C(=O)O)c1cccc2ccccc12.O=C(CC(C(=O)O)c1cccc2ccccc12)OCC1c2ccccc2-c2ccccc21.O=Cc1cccc2ccccc12. The highest BCUT2D eigenvalue weighted by atomic mass is 16.5. The number of esters is 1. The standard InChI is InChI=1S/C28H22O4.C12H10N2.C12H11NO2.C11H8O/c29-27(16-25(28(30)31)20-15-7-9-18-8-1-2-10-19(18)20)32-17-26-23-13-5-3-11-21(23)22-12-4-6-14-24(22)26;13-8-12(14)11-7-3-5-9-4-1-2-6-10(9)11;13-11(12(14)15)10-7-3-5-8-4-1-2-6-9(8)10;12-8-10-6-3-5-9-4-1-2-7-11(9)10/h1-15,25-26H,16-17H2,(H,30,31);1-7,12H,14H2;1-7,11H,13H2,(H,14,15);1-8H. The second kappa shape index (κ2) is 23.6. The number of carbonyl (C=O) groups is 4. The minimum Gasteiger partial charge on any atom is -0.481 e. The summed E-state index contributed by atoms with van der Waals surface area (Å²) in [6.45, 7) is 0.189. The first kappa shape index (κ1) is 50.1. The molecule has 0 amide bonds. The number of carboxylic acid groups (broad SMARTS) is 2. The fraction of sp³-hybridized carbons (Fsp3) is 0.0952. The van der Waals surface area contributed by atoms with E-state index >= 15 is 0 Å². The number of fused-ring (bicyclic) bond motifs is 7. The number of hydrogen-bond donors (Lipinski definition) is 4. The summed E-state index contributed by atoms with van der Waals surface area (Å²) < 4.78 is 5.65. The number of nitrogens with two attached hydrogens (primary N) is 2. The predicted molar refractivity (Wildman–Crippen MR) is 288 cm³/mol. The van der Waals surface area contributed by atoms with E-state index in [1.54, 1.807) is 12.1 Å². The molecule has 0 aromatic heterocycles. The predicted octanol–water partition coefficient (Wildman–Crippen LogP) is 12.7. The van der Waals surface area contributed by atoms with E-state index in [1.165, 1.54) is 0 Å². The summed E-state index contributed by atoms with van der Waals surface area (Å²) in [6.07, 6.45) is 0.682. The van der Waals surface area contributed by atoms with Gasteiger partial charge in [0, 0.05) is 11.5 Å². The van der Waals surface area contributed by atoms with Crippen LogP contribution in [0, 0.1) is 11.3 Å². The van der Waals surface area contributed by atoms with Crippen LogP contribution >= 0.6 is 0 Å². The van der Waals surface area contributed by atoms with Crippen LogP contribution in [0.5, 0.6) is 0 Å². The van der Waals surface area contributed by atoms with Crippen LogP contribution in [0.25, 0.3) is 54.2 Å². The second-order valence-corrected chi connectivity index (χ2v) is 17.3. The van der Waals surface area contributed by atoms with E-state index in [9.17, 15) is 24.3 Å². The lowest BCUT2D eigenvalue weighted by molar-refractivity contribution is -0.149. The summed E-state index contributed by atoms with van der Waals surface area (Å²) in [4.78, 5) is 46.3. The minimum absolute atomic E-state index is 0.0489. The second-order valence-electron chi connectivity index (χ2n) is 17.3. The Morgan fingerprint density at radius 1 is 0.507 bits per heavy atom. The summed E-state index contributed by atoms with van der Waals surface area (Å²) in [6, 6.07) is 70.4. The van der Waals surface area contributed by atoms with Crippen LogP contribution < -0.4 is 11.5 Å². The van der Waals surface area contributed by atoms with Gasteiger partial charge in [-0.2, -0.15) is 5.26 Å². The molecule has 1 aliphatic carbocycles. The van der Waals surface area contributed by atoms with Gasteiger partial charge in [0.1, 0.15) is 18.7 Å². The van der Waals surface area contributed by atoms with Gasteiger partial charge < -0.3 is 26.4 Å². The van der Waals surface area contributed by atoms with Crippen molar-refractivity contribution < 1.29 is 34.1 Å². The number of ether oxygens (including phenoxy) is 1. The largest absolute Gasteiger partial charge is 0.481 e. The van der Waals surface area contributed by atoms with Gasteiger partial charge in [0.25, 0.3) is 0 Å². The molecule has 3 unspecified atom stereocenters. The first-order valence-corrected chi connectivity index (χ1v) is 23.6. The third kappa shape index (κ3) is 11.5. The quantitative estimate of drug-likeness (QED) is 0.0757. The molecule has 10 aromatic rings. The maximum atomic E-state index is 12.8. The van der Waals surface area contributed by atoms with Crippen molar-refractivity contribution in [2.24, 2.45) is 11.5 Å². The highest BCUT2D eigenvalue weighted by Gasteiger charge is 2.31. The van der Waals surface area contributed by atoms with Gasteiger partial charge in [0.05, 0.1) is 18.4 Å². The van der Waals surface area contributed by atoms with E-state index in [-0.39, 0.29) is 18.9 Å². The van der Waals surface area contributed by atoms with Crippen molar-refractivity contribution in [3.63, 3.8) is 0 Å². The summed E-state index contributed by atoms with van der Waals surface area (Å²) in [5.74, 6) is -3.56. The number of nitriles is 1. The summed E-state index contributed by atoms with van der Waals surface area (Å²) >= 11 is 0. The van der Waals surface area contributed by atoms with E-state index < -0.39 is 35.9 Å². The molecule has 10 nitrogen and oxygen atoms in total. The molecule has 0 saturated heterocycles. The molecule has 11 rings (SSSR count). The molecule has 0 aliphatic heterocycles. The first-order valence-electron chi connectivity index (χ1n) is 23.6. The van der Waals surface area contributed by atoms with Gasteiger partial charge in [-0.15, -0.1) is 0 Å². The average molecular weight is 962 g/mol. The van der Waals surface area contributed by atoms with Crippen LogP contribution in [0.1, 0.15) is 68.5 Å². The first-order chi connectivity index (χ1) is 35.6. The van der Waals surface area contributed by atoms with Crippen LogP contribution in [0.3, 0.4) is 0 Å². The smallest absolute Gasteiger partial charge is 0.325 e. The molecule has 0 heterocycles. The fourth-order valence-corrected chi connectivity index (χ4v) is 9.33. The zero-order valence-corrected chi connectivity index (χ0v) is 39.6. The Balaban J connectivity index is 0.000000144. The lowest BCUT2D eigenvalue weighted by atomic mass is 9.91. The van der Waals surface area contributed by atoms with Crippen LogP contribution in [-0.2, 0) is 19.1 Å². The summed E-state index contributed by atoms with van der Waals surface area (Å²) in [5.41, 5.74) is 18.8. The zero-order chi connectivity index (χ0) is 51.3.